The van der Waals surface area contributed by atoms with Gasteiger partial charge in [0.05, 0.1) is 18.7 Å². The predicted molar refractivity (Wildman–Crippen MR) is 78.3 cm³/mol. The van der Waals surface area contributed by atoms with Crippen LogP contribution in [0.5, 0.6) is 5.75 Å². The summed E-state index contributed by atoms with van der Waals surface area (Å²) in [4.78, 5) is 0. The summed E-state index contributed by atoms with van der Waals surface area (Å²) in [6, 6.07) is 10.2. The minimum Gasteiger partial charge on any atom is -0.493 e. The fourth-order valence-electron chi connectivity index (χ4n) is 1.96. The maximum Gasteiger partial charge on any atom is 0.123 e. The zero-order chi connectivity index (χ0) is 14.3. The molecule has 1 unspecified atom stereocenters. The van der Waals surface area contributed by atoms with Crippen molar-refractivity contribution in [1.29, 1.82) is 5.26 Å². The third-order valence-corrected chi connectivity index (χ3v) is 2.97. The molecule has 0 fully saturated rings. The Hall–Kier alpha value is -1.53. The Morgan fingerprint density at radius 2 is 2.00 bits per heavy atom. The van der Waals surface area contributed by atoms with Gasteiger partial charge in [-0.25, -0.2) is 0 Å². The highest BCUT2D eigenvalue weighted by Gasteiger charge is 2.18. The van der Waals surface area contributed by atoms with Crippen LogP contribution < -0.4 is 10.1 Å². The highest BCUT2D eigenvalue weighted by molar-refractivity contribution is 5.38. The average Bonchev–Trinajstić information content (AvgIpc) is 2.37. The van der Waals surface area contributed by atoms with Gasteiger partial charge in [-0.15, -0.1) is 0 Å². The van der Waals surface area contributed by atoms with Gasteiger partial charge in [0.25, 0.3) is 0 Å². The molecule has 0 spiro atoms. The number of nitrogens with zero attached hydrogens (tertiary/aromatic N) is 1. The van der Waals surface area contributed by atoms with E-state index in [9.17, 15) is 0 Å². The molecule has 0 aliphatic heterocycles. The van der Waals surface area contributed by atoms with E-state index in [0.717, 1.165) is 12.3 Å². The number of para-hydroxylation sites is 1. The van der Waals surface area contributed by atoms with Crippen LogP contribution in [0.3, 0.4) is 0 Å². The standard InChI is InChI=1S/C16H24N2O/c1-5-18-13(12-17)10-11-19-15-9-7-6-8-14(15)16(2,3)4/h6-9,13,18H,5,10-11H2,1-4H3. The van der Waals surface area contributed by atoms with Crippen LogP contribution in [-0.4, -0.2) is 19.2 Å². The molecule has 3 heteroatoms. The Balaban J connectivity index is 2.61. The first-order chi connectivity index (χ1) is 8.99. The lowest BCUT2D eigenvalue weighted by atomic mass is 9.86. The molecular formula is C16H24N2O. The Bertz CT molecular complexity index is 429. The molecular weight excluding hydrogens is 236 g/mol. The first kappa shape index (κ1) is 15.5. The molecule has 0 saturated carbocycles. The Labute approximate surface area is 116 Å². The zero-order valence-corrected chi connectivity index (χ0v) is 12.4. The molecule has 1 rings (SSSR count). The van der Waals surface area contributed by atoms with Gasteiger partial charge in [-0.1, -0.05) is 45.9 Å². The molecule has 1 aromatic carbocycles. The van der Waals surface area contributed by atoms with E-state index in [1.54, 1.807) is 0 Å². The van der Waals surface area contributed by atoms with Crippen molar-refractivity contribution in [3.05, 3.63) is 29.8 Å². The molecule has 0 aromatic heterocycles. The van der Waals surface area contributed by atoms with E-state index in [1.807, 2.05) is 25.1 Å². The average molecular weight is 260 g/mol. The lowest BCUT2D eigenvalue weighted by Crippen LogP contribution is -2.29. The molecule has 1 N–H and O–H groups in total. The Morgan fingerprint density at radius 3 is 2.58 bits per heavy atom. The van der Waals surface area contributed by atoms with Crippen molar-refractivity contribution in [3.8, 4) is 11.8 Å². The molecule has 0 saturated heterocycles. The van der Waals surface area contributed by atoms with Gasteiger partial charge in [-0.2, -0.15) is 5.26 Å². The monoisotopic (exact) mass is 260 g/mol. The van der Waals surface area contributed by atoms with Crippen molar-refractivity contribution >= 4 is 0 Å². The molecule has 0 amide bonds. The smallest absolute Gasteiger partial charge is 0.123 e. The normalized spacial score (nSPS) is 12.8. The van der Waals surface area contributed by atoms with E-state index in [4.69, 9.17) is 10.00 Å². The van der Waals surface area contributed by atoms with Crippen molar-refractivity contribution in [2.45, 2.75) is 45.6 Å². The van der Waals surface area contributed by atoms with Crippen LogP contribution in [0.4, 0.5) is 0 Å². The van der Waals surface area contributed by atoms with Crippen molar-refractivity contribution in [2.75, 3.05) is 13.2 Å². The summed E-state index contributed by atoms with van der Waals surface area (Å²) in [5.74, 6) is 0.920. The maximum atomic E-state index is 8.97. The highest BCUT2D eigenvalue weighted by Crippen LogP contribution is 2.30. The van der Waals surface area contributed by atoms with Gasteiger partial charge >= 0.3 is 0 Å². The quantitative estimate of drug-likeness (QED) is 0.854. The highest BCUT2D eigenvalue weighted by atomic mass is 16.5. The van der Waals surface area contributed by atoms with E-state index in [2.05, 4.69) is 38.2 Å². The first-order valence-electron chi connectivity index (χ1n) is 6.84. The van der Waals surface area contributed by atoms with Crippen LogP contribution in [0.1, 0.15) is 39.7 Å². The molecule has 0 heterocycles. The minimum absolute atomic E-state index is 0.0624. The molecule has 1 atom stereocenters. The van der Waals surface area contributed by atoms with Gasteiger partial charge in [0, 0.05) is 6.42 Å². The van der Waals surface area contributed by atoms with Crippen LogP contribution >= 0.6 is 0 Å². The molecule has 3 nitrogen and oxygen atoms in total. The number of nitrogens with one attached hydrogen (secondary N) is 1. The molecule has 0 aliphatic rings. The third kappa shape index (κ3) is 4.92. The Kier molecular flexibility index (Phi) is 5.85. The second kappa shape index (κ2) is 7.16. The van der Waals surface area contributed by atoms with Crippen molar-refractivity contribution in [1.82, 2.24) is 5.32 Å². The maximum absolute atomic E-state index is 8.97. The number of ether oxygens (including phenoxy) is 1. The van der Waals surface area contributed by atoms with Crippen molar-refractivity contribution < 1.29 is 4.74 Å². The first-order valence-corrected chi connectivity index (χ1v) is 6.84. The van der Waals surface area contributed by atoms with Gasteiger partial charge in [0.2, 0.25) is 0 Å². The van der Waals surface area contributed by atoms with E-state index >= 15 is 0 Å². The summed E-state index contributed by atoms with van der Waals surface area (Å²) in [5.41, 5.74) is 1.26. The topological polar surface area (TPSA) is 45.0 Å². The summed E-state index contributed by atoms with van der Waals surface area (Å²) < 4.78 is 5.85. The number of benzene rings is 1. The lowest BCUT2D eigenvalue weighted by Gasteiger charge is -2.23. The van der Waals surface area contributed by atoms with Crippen molar-refractivity contribution in [2.24, 2.45) is 0 Å². The van der Waals surface area contributed by atoms with Crippen LogP contribution in [0.25, 0.3) is 0 Å². The predicted octanol–water partition coefficient (Wildman–Crippen LogP) is 3.25. The fourth-order valence-corrected chi connectivity index (χ4v) is 1.96. The number of rotatable bonds is 6. The molecule has 104 valence electrons. The molecule has 19 heavy (non-hydrogen) atoms. The molecule has 0 bridgehead atoms. The summed E-state index contributed by atoms with van der Waals surface area (Å²) >= 11 is 0. The van der Waals surface area contributed by atoms with E-state index in [1.165, 1.54) is 5.56 Å². The fraction of sp³-hybridized carbons (Fsp3) is 0.562. The number of nitriles is 1. The summed E-state index contributed by atoms with van der Waals surface area (Å²) in [6.45, 7) is 9.87. The van der Waals surface area contributed by atoms with Crippen LogP contribution in [0.15, 0.2) is 24.3 Å². The molecule has 0 aliphatic carbocycles. The second-order valence-electron chi connectivity index (χ2n) is 5.62. The van der Waals surface area contributed by atoms with Gasteiger partial charge in [-0.05, 0) is 23.6 Å². The second-order valence-corrected chi connectivity index (χ2v) is 5.62. The van der Waals surface area contributed by atoms with E-state index in [-0.39, 0.29) is 11.5 Å². The van der Waals surface area contributed by atoms with Gasteiger partial charge in [0.1, 0.15) is 5.75 Å². The van der Waals surface area contributed by atoms with E-state index in [0.29, 0.717) is 13.0 Å². The third-order valence-electron chi connectivity index (χ3n) is 2.97. The summed E-state index contributed by atoms with van der Waals surface area (Å²) in [5, 5.41) is 12.1. The minimum atomic E-state index is -0.133. The van der Waals surface area contributed by atoms with Gasteiger partial charge in [0.15, 0.2) is 0 Å². The summed E-state index contributed by atoms with van der Waals surface area (Å²) in [7, 11) is 0. The van der Waals surface area contributed by atoms with Crippen LogP contribution in [0, 0.1) is 11.3 Å². The molecule has 0 radical (unpaired) electrons. The van der Waals surface area contributed by atoms with Gasteiger partial charge < -0.3 is 10.1 Å². The summed E-state index contributed by atoms with van der Waals surface area (Å²) in [6.07, 6.45) is 0.697. The van der Waals surface area contributed by atoms with Crippen molar-refractivity contribution in [3.63, 3.8) is 0 Å². The lowest BCUT2D eigenvalue weighted by molar-refractivity contribution is 0.291. The largest absolute Gasteiger partial charge is 0.493 e. The van der Waals surface area contributed by atoms with Crippen LogP contribution in [-0.2, 0) is 5.41 Å². The van der Waals surface area contributed by atoms with E-state index < -0.39 is 0 Å². The SMILES string of the molecule is CCNC(C#N)CCOc1ccccc1C(C)(C)C. The number of hydrogen-bond acceptors (Lipinski definition) is 3. The van der Waals surface area contributed by atoms with Crippen LogP contribution in [0.2, 0.25) is 0 Å². The Morgan fingerprint density at radius 1 is 1.32 bits per heavy atom. The number of hydrogen-bond donors (Lipinski definition) is 1. The molecule has 1 aromatic rings. The van der Waals surface area contributed by atoms with Gasteiger partial charge in [-0.3, -0.25) is 0 Å². The zero-order valence-electron chi connectivity index (χ0n) is 12.4.